The quantitative estimate of drug-likeness (QED) is 0.707. The van der Waals surface area contributed by atoms with Crippen molar-refractivity contribution < 1.29 is 18.0 Å². The second kappa shape index (κ2) is 4.45. The lowest BCUT2D eigenvalue weighted by molar-refractivity contribution is -0.140. The fourth-order valence-corrected chi connectivity index (χ4v) is 4.70. The number of carbonyl (C=O) groups is 2. The van der Waals surface area contributed by atoms with Crippen molar-refractivity contribution in [2.75, 3.05) is 18.5 Å². The molecule has 0 radical (unpaired) electrons. The van der Waals surface area contributed by atoms with Gasteiger partial charge in [-0.25, -0.2) is 12.4 Å². The van der Waals surface area contributed by atoms with Gasteiger partial charge in [0.2, 0.25) is 5.91 Å². The smallest absolute Gasteiger partial charge is 0.270 e. The highest BCUT2D eigenvalue weighted by molar-refractivity contribution is 7.90. The first kappa shape index (κ1) is 14.0. The highest BCUT2D eigenvalue weighted by atomic mass is 32.2. The third kappa shape index (κ3) is 1.72. The Labute approximate surface area is 132 Å². The Bertz CT molecular complexity index is 947. The van der Waals surface area contributed by atoms with E-state index >= 15 is 0 Å². The Hall–Kier alpha value is -2.61. The van der Waals surface area contributed by atoms with Gasteiger partial charge in [-0.1, -0.05) is 12.1 Å². The number of hydrogen-bond donors (Lipinski definition) is 0. The molecule has 2 aromatic rings. The van der Waals surface area contributed by atoms with Crippen LogP contribution < -0.4 is 4.90 Å². The van der Waals surface area contributed by atoms with E-state index in [9.17, 15) is 18.0 Å². The molecule has 1 saturated heterocycles. The molecule has 4 rings (SSSR count). The molecule has 0 bridgehead atoms. The van der Waals surface area contributed by atoms with Crippen LogP contribution in [0.3, 0.4) is 0 Å². The van der Waals surface area contributed by atoms with Gasteiger partial charge in [0.15, 0.2) is 6.04 Å². The minimum Gasteiger partial charge on any atom is -0.334 e. The summed E-state index contributed by atoms with van der Waals surface area (Å²) in [6, 6.07) is 8.41. The third-order valence-electron chi connectivity index (χ3n) is 4.19. The summed E-state index contributed by atoms with van der Waals surface area (Å²) in [7, 11) is -2.33. The average molecular weight is 331 g/mol. The summed E-state index contributed by atoms with van der Waals surface area (Å²) in [4.78, 5) is 27.9. The fraction of sp³-hybridized carbons (Fsp3) is 0.200. The SMILES string of the molecule is CN1CC(=O)N2c3ccccc3S(=O)(=O)n3cccc3C2C1=O. The van der Waals surface area contributed by atoms with Crippen molar-refractivity contribution in [3.8, 4) is 0 Å². The second-order valence-corrected chi connectivity index (χ2v) is 7.35. The van der Waals surface area contributed by atoms with Crippen molar-refractivity contribution >= 4 is 27.5 Å². The molecule has 3 heterocycles. The van der Waals surface area contributed by atoms with E-state index in [1.54, 1.807) is 30.3 Å². The van der Waals surface area contributed by atoms with Gasteiger partial charge in [-0.3, -0.25) is 14.5 Å². The number of hydrogen-bond acceptors (Lipinski definition) is 4. The molecule has 1 atom stereocenters. The highest BCUT2D eigenvalue weighted by Gasteiger charge is 2.46. The van der Waals surface area contributed by atoms with Gasteiger partial charge in [0.05, 0.1) is 17.9 Å². The Morgan fingerprint density at radius 1 is 1.09 bits per heavy atom. The topological polar surface area (TPSA) is 79.7 Å². The molecular formula is C15H13N3O4S. The number of amides is 2. The Morgan fingerprint density at radius 3 is 2.61 bits per heavy atom. The molecular weight excluding hydrogens is 318 g/mol. The number of benzene rings is 1. The van der Waals surface area contributed by atoms with Crippen LogP contribution in [0.4, 0.5) is 5.69 Å². The van der Waals surface area contributed by atoms with Crippen LogP contribution in [0.2, 0.25) is 0 Å². The maximum absolute atomic E-state index is 12.9. The maximum atomic E-state index is 12.9. The van der Waals surface area contributed by atoms with Gasteiger partial charge in [0.1, 0.15) is 4.90 Å². The standard InChI is InChI=1S/C15H13N3O4S/c1-16-9-13(19)18-10-5-2-3-7-12(10)23(21,22)17-8-4-6-11(17)14(18)15(16)20/h2-8,14H,9H2,1H3. The molecule has 0 saturated carbocycles. The predicted molar refractivity (Wildman–Crippen MR) is 81.3 cm³/mol. The summed E-state index contributed by atoms with van der Waals surface area (Å²) < 4.78 is 26.9. The Morgan fingerprint density at radius 2 is 1.83 bits per heavy atom. The molecule has 0 N–H and O–H groups in total. The number of rotatable bonds is 0. The summed E-state index contributed by atoms with van der Waals surface area (Å²) in [6.45, 7) is -0.0789. The molecule has 23 heavy (non-hydrogen) atoms. The van der Waals surface area contributed by atoms with Gasteiger partial charge in [-0.05, 0) is 24.3 Å². The maximum Gasteiger partial charge on any atom is 0.270 e. The summed E-state index contributed by atoms with van der Waals surface area (Å²) in [6.07, 6.45) is 1.40. The highest BCUT2D eigenvalue weighted by Crippen LogP contribution is 2.40. The molecule has 0 spiro atoms. The number of aromatic nitrogens is 1. The molecule has 8 heteroatoms. The molecule has 1 aromatic carbocycles. The summed E-state index contributed by atoms with van der Waals surface area (Å²) in [5.41, 5.74) is 0.513. The first-order valence-electron chi connectivity index (χ1n) is 7.02. The zero-order chi connectivity index (χ0) is 16.4. The van der Waals surface area contributed by atoms with E-state index in [1.165, 1.54) is 29.1 Å². The first-order valence-corrected chi connectivity index (χ1v) is 8.46. The first-order chi connectivity index (χ1) is 10.9. The monoisotopic (exact) mass is 331 g/mol. The van der Waals surface area contributed by atoms with E-state index in [0.717, 1.165) is 3.97 Å². The van der Waals surface area contributed by atoms with Crippen LogP contribution in [0, 0.1) is 0 Å². The number of anilines is 1. The lowest BCUT2D eigenvalue weighted by Gasteiger charge is -2.37. The number of nitrogens with zero attached hydrogens (tertiary/aromatic N) is 3. The second-order valence-electron chi connectivity index (χ2n) is 5.56. The van der Waals surface area contributed by atoms with Crippen LogP contribution in [-0.2, 0) is 19.6 Å². The predicted octanol–water partition coefficient (Wildman–Crippen LogP) is 0.585. The van der Waals surface area contributed by atoms with Gasteiger partial charge in [0.25, 0.3) is 15.9 Å². The van der Waals surface area contributed by atoms with Crippen molar-refractivity contribution in [1.82, 2.24) is 8.87 Å². The van der Waals surface area contributed by atoms with Crippen LogP contribution in [-0.4, -0.2) is 42.7 Å². The summed E-state index contributed by atoms with van der Waals surface area (Å²) in [5.74, 6) is -0.620. The molecule has 1 fully saturated rings. The van der Waals surface area contributed by atoms with Crippen LogP contribution >= 0.6 is 0 Å². The van der Waals surface area contributed by atoms with Gasteiger partial charge >= 0.3 is 0 Å². The van der Waals surface area contributed by atoms with Gasteiger partial charge in [-0.2, -0.15) is 0 Å². The van der Waals surface area contributed by atoms with E-state index in [2.05, 4.69) is 0 Å². The number of para-hydroxylation sites is 1. The largest absolute Gasteiger partial charge is 0.334 e. The normalized spacial score (nSPS) is 22.2. The van der Waals surface area contributed by atoms with E-state index in [0.29, 0.717) is 0 Å². The van der Waals surface area contributed by atoms with Crippen LogP contribution in [0.15, 0.2) is 47.5 Å². The van der Waals surface area contributed by atoms with Gasteiger partial charge < -0.3 is 4.90 Å². The summed E-state index contributed by atoms with van der Waals surface area (Å²) >= 11 is 0. The van der Waals surface area contributed by atoms with Crippen molar-refractivity contribution in [1.29, 1.82) is 0 Å². The molecule has 0 aliphatic carbocycles. The van der Waals surface area contributed by atoms with Crippen molar-refractivity contribution in [3.05, 3.63) is 48.3 Å². The lowest BCUT2D eigenvalue weighted by Crippen LogP contribution is -2.54. The minimum absolute atomic E-state index is 0.0191. The Kier molecular flexibility index (Phi) is 2.71. The zero-order valence-corrected chi connectivity index (χ0v) is 13.0. The molecule has 118 valence electrons. The lowest BCUT2D eigenvalue weighted by atomic mass is 10.1. The molecule has 2 amide bonds. The average Bonchev–Trinajstić information content (AvgIpc) is 2.98. The summed E-state index contributed by atoms with van der Waals surface area (Å²) in [5, 5.41) is 0. The van der Waals surface area contributed by atoms with Crippen LogP contribution in [0.1, 0.15) is 11.7 Å². The van der Waals surface area contributed by atoms with Crippen molar-refractivity contribution in [2.24, 2.45) is 0 Å². The minimum atomic E-state index is -3.87. The fourth-order valence-electron chi connectivity index (χ4n) is 3.14. The van der Waals surface area contributed by atoms with Crippen molar-refractivity contribution in [2.45, 2.75) is 10.9 Å². The van der Waals surface area contributed by atoms with Crippen molar-refractivity contribution in [3.63, 3.8) is 0 Å². The molecule has 1 aromatic heterocycles. The van der Waals surface area contributed by atoms with E-state index < -0.39 is 16.1 Å². The number of likely N-dealkylation sites (N-methyl/N-ethyl adjacent to an activating group) is 1. The molecule has 1 unspecified atom stereocenters. The number of fused-ring (bicyclic) bond motifs is 5. The van der Waals surface area contributed by atoms with E-state index in [1.807, 2.05) is 0 Å². The molecule has 7 nitrogen and oxygen atoms in total. The Balaban J connectivity index is 2.12. The third-order valence-corrected chi connectivity index (χ3v) is 5.95. The molecule has 2 aliphatic rings. The molecule has 2 aliphatic heterocycles. The van der Waals surface area contributed by atoms with Crippen LogP contribution in [0.5, 0.6) is 0 Å². The van der Waals surface area contributed by atoms with E-state index in [-0.39, 0.29) is 34.6 Å². The zero-order valence-electron chi connectivity index (χ0n) is 12.2. The van der Waals surface area contributed by atoms with Crippen LogP contribution in [0.25, 0.3) is 0 Å². The number of carbonyl (C=O) groups excluding carboxylic acids is 2. The van der Waals surface area contributed by atoms with E-state index in [4.69, 9.17) is 0 Å². The van der Waals surface area contributed by atoms with Gasteiger partial charge in [0, 0.05) is 13.2 Å². The number of piperazine rings is 1. The van der Waals surface area contributed by atoms with Gasteiger partial charge in [-0.15, -0.1) is 0 Å².